The summed E-state index contributed by atoms with van der Waals surface area (Å²) < 4.78 is 15.8. The second kappa shape index (κ2) is 6.74. The number of amides is 1. The zero-order valence-corrected chi connectivity index (χ0v) is 14.7. The van der Waals surface area contributed by atoms with Crippen LogP contribution >= 0.6 is 23.2 Å². The number of methoxy groups -OCH3 is 2. The molecule has 0 aliphatic carbocycles. The van der Waals surface area contributed by atoms with Crippen molar-refractivity contribution in [3.05, 3.63) is 46.1 Å². The molecular formula is C17H13Cl2NO5. The molecule has 1 aromatic heterocycles. The molecule has 3 rings (SSSR count). The molecule has 0 saturated heterocycles. The monoisotopic (exact) mass is 381 g/mol. The maximum atomic E-state index is 12.8. The molecule has 0 atom stereocenters. The third-order valence-corrected chi connectivity index (χ3v) is 4.26. The topological polar surface area (TPSA) is 80.9 Å². The van der Waals surface area contributed by atoms with Gasteiger partial charge in [0.15, 0.2) is 11.3 Å². The highest BCUT2D eigenvalue weighted by Crippen LogP contribution is 2.46. The van der Waals surface area contributed by atoms with Gasteiger partial charge in [0.05, 0.1) is 41.6 Å². The van der Waals surface area contributed by atoms with E-state index in [0.29, 0.717) is 5.39 Å². The fourth-order valence-corrected chi connectivity index (χ4v) is 3.02. The molecule has 2 N–H and O–H groups in total. The SMILES string of the molecule is COc1c(C(=O)Nc2c(Cl)cccc2Cl)c(O)c(OC)c2occc12. The lowest BCUT2D eigenvalue weighted by molar-refractivity contribution is 0.102. The molecule has 0 bridgehead atoms. The van der Waals surface area contributed by atoms with Crippen LogP contribution in [0, 0.1) is 0 Å². The standard InChI is InChI=1S/C17H13Cl2NO5/c1-23-14-8-6-7-25-15(8)16(24-2)13(21)11(14)17(22)20-12-9(18)4-3-5-10(12)19/h3-7,21H,1-2H3,(H,20,22). The first-order valence-electron chi connectivity index (χ1n) is 7.09. The number of para-hydroxylation sites is 1. The van der Waals surface area contributed by atoms with E-state index in [-0.39, 0.29) is 38.4 Å². The zero-order chi connectivity index (χ0) is 18.1. The molecule has 8 heteroatoms. The molecule has 0 saturated carbocycles. The number of halogens is 2. The molecule has 1 heterocycles. The van der Waals surface area contributed by atoms with Crippen LogP contribution in [0.3, 0.4) is 0 Å². The Morgan fingerprint density at radius 2 is 1.76 bits per heavy atom. The smallest absolute Gasteiger partial charge is 0.263 e. The van der Waals surface area contributed by atoms with E-state index < -0.39 is 11.7 Å². The second-order valence-electron chi connectivity index (χ2n) is 5.00. The Hall–Kier alpha value is -2.57. The van der Waals surface area contributed by atoms with Gasteiger partial charge in [0, 0.05) is 0 Å². The van der Waals surface area contributed by atoms with Crippen LogP contribution in [0.25, 0.3) is 11.0 Å². The number of nitrogens with one attached hydrogen (secondary N) is 1. The van der Waals surface area contributed by atoms with Crippen LogP contribution in [0.2, 0.25) is 10.0 Å². The number of furan rings is 1. The predicted molar refractivity (Wildman–Crippen MR) is 95.4 cm³/mol. The number of aromatic hydroxyl groups is 1. The summed E-state index contributed by atoms with van der Waals surface area (Å²) in [5.74, 6) is -0.910. The number of rotatable bonds is 4. The number of fused-ring (bicyclic) bond motifs is 1. The average Bonchev–Trinajstić information content (AvgIpc) is 3.06. The first kappa shape index (κ1) is 17.3. The van der Waals surface area contributed by atoms with Crippen LogP contribution in [0.1, 0.15) is 10.4 Å². The minimum absolute atomic E-state index is 0.0243. The summed E-state index contributed by atoms with van der Waals surface area (Å²) in [5.41, 5.74) is 0.372. The van der Waals surface area contributed by atoms with Gasteiger partial charge in [-0.05, 0) is 18.2 Å². The second-order valence-corrected chi connectivity index (χ2v) is 5.82. The fraction of sp³-hybridized carbons (Fsp3) is 0.118. The summed E-state index contributed by atoms with van der Waals surface area (Å²) in [5, 5.41) is 14.1. The van der Waals surface area contributed by atoms with Gasteiger partial charge in [0.25, 0.3) is 5.91 Å². The number of hydrogen-bond donors (Lipinski definition) is 2. The molecule has 6 nitrogen and oxygen atoms in total. The van der Waals surface area contributed by atoms with Gasteiger partial charge in [-0.15, -0.1) is 0 Å². The Bertz CT molecular complexity index is 947. The number of phenols is 1. The van der Waals surface area contributed by atoms with Gasteiger partial charge in [0.2, 0.25) is 5.75 Å². The van der Waals surface area contributed by atoms with Crippen LogP contribution in [0.15, 0.2) is 34.9 Å². The van der Waals surface area contributed by atoms with E-state index in [0.717, 1.165) is 0 Å². The lowest BCUT2D eigenvalue weighted by Crippen LogP contribution is -2.14. The quantitative estimate of drug-likeness (QED) is 0.683. The molecule has 0 spiro atoms. The zero-order valence-electron chi connectivity index (χ0n) is 13.2. The van der Waals surface area contributed by atoms with Crippen LogP contribution in [0.4, 0.5) is 5.69 Å². The average molecular weight is 382 g/mol. The van der Waals surface area contributed by atoms with Crippen molar-refractivity contribution >= 4 is 45.8 Å². The van der Waals surface area contributed by atoms with E-state index >= 15 is 0 Å². The molecule has 0 unspecified atom stereocenters. The number of phenolic OH excluding ortho intramolecular Hbond substituents is 1. The molecule has 2 aromatic carbocycles. The van der Waals surface area contributed by atoms with Crippen molar-refractivity contribution in [1.29, 1.82) is 0 Å². The van der Waals surface area contributed by atoms with E-state index in [1.807, 2.05) is 0 Å². The van der Waals surface area contributed by atoms with Crippen LogP contribution < -0.4 is 14.8 Å². The number of hydrogen-bond acceptors (Lipinski definition) is 5. The summed E-state index contributed by atoms with van der Waals surface area (Å²) in [4.78, 5) is 12.8. The maximum absolute atomic E-state index is 12.8. The lowest BCUT2D eigenvalue weighted by Gasteiger charge is -2.15. The van der Waals surface area contributed by atoms with Crippen LogP contribution in [-0.2, 0) is 0 Å². The molecule has 0 aliphatic heterocycles. The summed E-state index contributed by atoms with van der Waals surface area (Å²) in [6.45, 7) is 0. The summed E-state index contributed by atoms with van der Waals surface area (Å²) >= 11 is 12.2. The number of anilines is 1. The van der Waals surface area contributed by atoms with Crippen molar-refractivity contribution in [1.82, 2.24) is 0 Å². The molecule has 0 aliphatic rings. The lowest BCUT2D eigenvalue weighted by atomic mass is 10.1. The Kier molecular flexibility index (Phi) is 4.65. The summed E-state index contributed by atoms with van der Waals surface area (Å²) in [6, 6.07) is 6.42. The summed E-state index contributed by atoms with van der Waals surface area (Å²) in [7, 11) is 2.74. The predicted octanol–water partition coefficient (Wildman–Crippen LogP) is 4.71. The maximum Gasteiger partial charge on any atom is 0.263 e. The van der Waals surface area contributed by atoms with Gasteiger partial charge in [-0.3, -0.25) is 4.79 Å². The Balaban J connectivity index is 2.17. The highest BCUT2D eigenvalue weighted by molar-refractivity contribution is 6.40. The first-order chi connectivity index (χ1) is 12.0. The number of carbonyl (C=O) groups is 1. The van der Waals surface area contributed by atoms with Crippen molar-refractivity contribution in [2.75, 3.05) is 19.5 Å². The molecule has 25 heavy (non-hydrogen) atoms. The normalized spacial score (nSPS) is 10.7. The van der Waals surface area contributed by atoms with Crippen molar-refractivity contribution in [2.45, 2.75) is 0 Å². The van der Waals surface area contributed by atoms with Crippen molar-refractivity contribution < 1.29 is 23.8 Å². The van der Waals surface area contributed by atoms with E-state index in [2.05, 4.69) is 5.32 Å². The molecule has 1 amide bonds. The van der Waals surface area contributed by atoms with Gasteiger partial charge in [-0.25, -0.2) is 0 Å². The van der Waals surface area contributed by atoms with Crippen LogP contribution in [0.5, 0.6) is 17.2 Å². The Morgan fingerprint density at radius 3 is 2.36 bits per heavy atom. The van der Waals surface area contributed by atoms with Crippen molar-refractivity contribution in [3.63, 3.8) is 0 Å². The van der Waals surface area contributed by atoms with Gasteiger partial charge >= 0.3 is 0 Å². The Morgan fingerprint density at radius 1 is 1.12 bits per heavy atom. The molecule has 0 fully saturated rings. The highest BCUT2D eigenvalue weighted by atomic mass is 35.5. The molecular weight excluding hydrogens is 369 g/mol. The number of benzene rings is 2. The number of ether oxygens (including phenoxy) is 2. The molecule has 130 valence electrons. The fourth-order valence-electron chi connectivity index (χ4n) is 2.53. The van der Waals surface area contributed by atoms with Gasteiger partial charge < -0.3 is 24.3 Å². The van der Waals surface area contributed by atoms with E-state index in [9.17, 15) is 9.90 Å². The molecule has 3 aromatic rings. The first-order valence-corrected chi connectivity index (χ1v) is 7.84. The third kappa shape index (κ3) is 2.83. The largest absolute Gasteiger partial charge is 0.504 e. The number of carbonyl (C=O) groups excluding carboxylic acids is 1. The minimum atomic E-state index is -0.661. The summed E-state index contributed by atoms with van der Waals surface area (Å²) in [6.07, 6.45) is 1.40. The van der Waals surface area contributed by atoms with Gasteiger partial charge in [-0.2, -0.15) is 0 Å². The highest BCUT2D eigenvalue weighted by Gasteiger charge is 2.28. The van der Waals surface area contributed by atoms with E-state index in [1.165, 1.54) is 20.5 Å². The van der Waals surface area contributed by atoms with Gasteiger partial charge in [-0.1, -0.05) is 29.3 Å². The van der Waals surface area contributed by atoms with Crippen molar-refractivity contribution in [2.24, 2.45) is 0 Å². The van der Waals surface area contributed by atoms with Crippen molar-refractivity contribution in [3.8, 4) is 17.2 Å². The van der Waals surface area contributed by atoms with Crippen LogP contribution in [-0.4, -0.2) is 25.2 Å². The Labute approximate surface area is 152 Å². The van der Waals surface area contributed by atoms with Gasteiger partial charge in [0.1, 0.15) is 11.3 Å². The van der Waals surface area contributed by atoms with E-state index in [4.69, 9.17) is 37.1 Å². The minimum Gasteiger partial charge on any atom is -0.504 e. The third-order valence-electron chi connectivity index (χ3n) is 3.63. The molecule has 0 radical (unpaired) electrons. The van der Waals surface area contributed by atoms with E-state index in [1.54, 1.807) is 24.3 Å².